The summed E-state index contributed by atoms with van der Waals surface area (Å²) in [5.74, 6) is 1.84. The van der Waals surface area contributed by atoms with Gasteiger partial charge in [0.2, 0.25) is 10.0 Å². The summed E-state index contributed by atoms with van der Waals surface area (Å²) < 4.78 is 44.2. The molecule has 2 aliphatic rings. The molecule has 6 nitrogen and oxygen atoms in total. The quantitative estimate of drug-likeness (QED) is 0.912. The van der Waals surface area contributed by atoms with Gasteiger partial charge in [0.05, 0.1) is 4.90 Å². The molecule has 0 aromatic heterocycles. The standard InChI is InChI=1S/C17H17NO5S/c19-24(20,14-5-6-16-17(10-14)22-8-7-21-16)18-11-13-9-12-3-1-2-4-15(12)23-13/h1-6,10,13,18H,7-9,11H2/t13-/m0/s1. The highest BCUT2D eigenvalue weighted by atomic mass is 32.2. The van der Waals surface area contributed by atoms with Crippen LogP contribution in [0.3, 0.4) is 0 Å². The largest absolute Gasteiger partial charge is 0.488 e. The summed E-state index contributed by atoms with van der Waals surface area (Å²) in [4.78, 5) is 0.155. The van der Waals surface area contributed by atoms with Gasteiger partial charge in [-0.3, -0.25) is 0 Å². The van der Waals surface area contributed by atoms with Gasteiger partial charge >= 0.3 is 0 Å². The predicted octanol–water partition coefficient (Wildman–Crippen LogP) is 1.74. The number of ether oxygens (including phenoxy) is 3. The molecule has 0 saturated carbocycles. The van der Waals surface area contributed by atoms with Crippen LogP contribution >= 0.6 is 0 Å². The maximum absolute atomic E-state index is 12.5. The van der Waals surface area contributed by atoms with Crippen molar-refractivity contribution in [1.29, 1.82) is 0 Å². The van der Waals surface area contributed by atoms with E-state index in [2.05, 4.69) is 4.72 Å². The number of para-hydroxylation sites is 1. The zero-order valence-corrected chi connectivity index (χ0v) is 13.7. The molecule has 126 valence electrons. The molecule has 0 spiro atoms. The normalized spacial score (nSPS) is 18.8. The first-order chi connectivity index (χ1) is 11.6. The van der Waals surface area contributed by atoms with Gasteiger partial charge in [-0.15, -0.1) is 0 Å². The summed E-state index contributed by atoms with van der Waals surface area (Å²) in [5.41, 5.74) is 1.10. The van der Waals surface area contributed by atoms with Crippen LogP contribution in [-0.2, 0) is 16.4 Å². The van der Waals surface area contributed by atoms with Gasteiger partial charge < -0.3 is 14.2 Å². The van der Waals surface area contributed by atoms with E-state index in [4.69, 9.17) is 14.2 Å². The lowest BCUT2D eigenvalue weighted by Crippen LogP contribution is -2.34. The predicted molar refractivity (Wildman–Crippen MR) is 87.2 cm³/mol. The van der Waals surface area contributed by atoms with Crippen LogP contribution in [0, 0.1) is 0 Å². The second kappa shape index (κ2) is 5.99. The Hall–Kier alpha value is -2.25. The molecule has 2 aromatic rings. The summed E-state index contributed by atoms with van der Waals surface area (Å²) in [6.07, 6.45) is 0.495. The van der Waals surface area contributed by atoms with Crippen LogP contribution in [0.5, 0.6) is 17.2 Å². The average Bonchev–Trinajstić information content (AvgIpc) is 3.03. The highest BCUT2D eigenvalue weighted by Gasteiger charge is 2.25. The second-order valence-electron chi connectivity index (χ2n) is 5.71. The molecule has 0 amide bonds. The lowest BCUT2D eigenvalue weighted by atomic mass is 10.1. The Labute approximate surface area is 140 Å². The van der Waals surface area contributed by atoms with Gasteiger partial charge in [0, 0.05) is 19.0 Å². The van der Waals surface area contributed by atoms with Crippen molar-refractivity contribution in [1.82, 2.24) is 4.72 Å². The molecule has 0 unspecified atom stereocenters. The molecule has 1 atom stereocenters. The SMILES string of the molecule is O=S(=O)(NC[C@@H]1Cc2ccccc2O1)c1ccc2c(c1)OCCO2. The van der Waals surface area contributed by atoms with Crippen molar-refractivity contribution < 1.29 is 22.6 Å². The van der Waals surface area contributed by atoms with Gasteiger partial charge in [0.25, 0.3) is 0 Å². The average molecular weight is 347 g/mol. The number of hydrogen-bond acceptors (Lipinski definition) is 5. The maximum Gasteiger partial charge on any atom is 0.240 e. The lowest BCUT2D eigenvalue weighted by Gasteiger charge is -2.19. The fraction of sp³-hybridized carbons (Fsp3) is 0.294. The third kappa shape index (κ3) is 2.92. The Morgan fingerprint density at radius 3 is 2.62 bits per heavy atom. The van der Waals surface area contributed by atoms with E-state index in [0.717, 1.165) is 11.3 Å². The van der Waals surface area contributed by atoms with Crippen molar-refractivity contribution in [3.05, 3.63) is 48.0 Å². The third-order valence-corrected chi connectivity index (χ3v) is 5.46. The van der Waals surface area contributed by atoms with E-state index in [1.165, 1.54) is 12.1 Å². The van der Waals surface area contributed by atoms with Crippen molar-refractivity contribution in [3.8, 4) is 17.2 Å². The monoisotopic (exact) mass is 347 g/mol. The number of fused-ring (bicyclic) bond motifs is 2. The van der Waals surface area contributed by atoms with Crippen molar-refractivity contribution in [3.63, 3.8) is 0 Å². The molecule has 4 rings (SSSR count). The van der Waals surface area contributed by atoms with Gasteiger partial charge in [0.1, 0.15) is 25.1 Å². The molecule has 0 aliphatic carbocycles. The van der Waals surface area contributed by atoms with E-state index in [-0.39, 0.29) is 17.5 Å². The van der Waals surface area contributed by atoms with Crippen LogP contribution in [0.4, 0.5) is 0 Å². The Balaban J connectivity index is 1.45. The van der Waals surface area contributed by atoms with Gasteiger partial charge in [-0.2, -0.15) is 0 Å². The minimum Gasteiger partial charge on any atom is -0.488 e. The van der Waals surface area contributed by atoms with Gasteiger partial charge in [0.15, 0.2) is 11.5 Å². The second-order valence-corrected chi connectivity index (χ2v) is 7.48. The van der Waals surface area contributed by atoms with Gasteiger partial charge in [-0.1, -0.05) is 18.2 Å². The van der Waals surface area contributed by atoms with E-state index >= 15 is 0 Å². The molecule has 2 aliphatic heterocycles. The maximum atomic E-state index is 12.5. The topological polar surface area (TPSA) is 73.9 Å². The number of nitrogens with one attached hydrogen (secondary N) is 1. The van der Waals surface area contributed by atoms with E-state index < -0.39 is 10.0 Å². The van der Waals surface area contributed by atoms with Crippen molar-refractivity contribution in [2.75, 3.05) is 19.8 Å². The Morgan fingerprint density at radius 2 is 1.79 bits per heavy atom. The molecule has 7 heteroatoms. The fourth-order valence-electron chi connectivity index (χ4n) is 2.84. The smallest absolute Gasteiger partial charge is 0.240 e. The van der Waals surface area contributed by atoms with E-state index in [9.17, 15) is 8.42 Å². The summed E-state index contributed by atoms with van der Waals surface area (Å²) in [6.45, 7) is 1.10. The zero-order chi connectivity index (χ0) is 16.6. The summed E-state index contributed by atoms with van der Waals surface area (Å²) in [7, 11) is -3.63. The van der Waals surface area contributed by atoms with E-state index in [0.29, 0.717) is 31.1 Å². The van der Waals surface area contributed by atoms with Gasteiger partial charge in [-0.05, 0) is 23.8 Å². The molecule has 2 aromatic carbocycles. The molecular weight excluding hydrogens is 330 g/mol. The first-order valence-corrected chi connectivity index (χ1v) is 9.24. The molecule has 2 heterocycles. The van der Waals surface area contributed by atoms with Crippen molar-refractivity contribution >= 4 is 10.0 Å². The highest BCUT2D eigenvalue weighted by Crippen LogP contribution is 2.32. The van der Waals surface area contributed by atoms with Crippen LogP contribution < -0.4 is 18.9 Å². The third-order valence-electron chi connectivity index (χ3n) is 4.04. The number of sulfonamides is 1. The number of hydrogen-bond donors (Lipinski definition) is 1. The molecule has 1 N–H and O–H groups in total. The van der Waals surface area contributed by atoms with E-state index in [1.54, 1.807) is 6.07 Å². The van der Waals surface area contributed by atoms with E-state index in [1.807, 2.05) is 24.3 Å². The molecule has 0 radical (unpaired) electrons. The lowest BCUT2D eigenvalue weighted by molar-refractivity contribution is 0.171. The molecule has 0 bridgehead atoms. The van der Waals surface area contributed by atoms with Crippen molar-refractivity contribution in [2.45, 2.75) is 17.4 Å². The zero-order valence-electron chi connectivity index (χ0n) is 12.9. The number of rotatable bonds is 4. The van der Waals surface area contributed by atoms with Gasteiger partial charge in [-0.25, -0.2) is 13.1 Å². The fourth-order valence-corrected chi connectivity index (χ4v) is 3.93. The minimum atomic E-state index is -3.63. The summed E-state index contributed by atoms with van der Waals surface area (Å²) in [5, 5.41) is 0. The van der Waals surface area contributed by atoms with Crippen LogP contribution in [-0.4, -0.2) is 34.3 Å². The minimum absolute atomic E-state index is 0.155. The van der Waals surface area contributed by atoms with Crippen LogP contribution in [0.25, 0.3) is 0 Å². The molecule has 24 heavy (non-hydrogen) atoms. The van der Waals surface area contributed by atoms with Crippen molar-refractivity contribution in [2.24, 2.45) is 0 Å². The highest BCUT2D eigenvalue weighted by molar-refractivity contribution is 7.89. The van der Waals surface area contributed by atoms with Crippen LogP contribution in [0.15, 0.2) is 47.4 Å². The van der Waals surface area contributed by atoms with Crippen LogP contribution in [0.1, 0.15) is 5.56 Å². The Kier molecular flexibility index (Phi) is 3.82. The first-order valence-electron chi connectivity index (χ1n) is 7.76. The summed E-state index contributed by atoms with van der Waals surface area (Å²) in [6, 6.07) is 12.4. The molecule has 0 saturated heterocycles. The van der Waals surface area contributed by atoms with Crippen LogP contribution in [0.2, 0.25) is 0 Å². The number of benzene rings is 2. The molecule has 0 fully saturated rings. The Bertz CT molecular complexity index is 840. The molecular formula is C17H17NO5S. The summed E-state index contributed by atoms with van der Waals surface area (Å²) >= 11 is 0. The first kappa shape index (κ1) is 15.3. The Morgan fingerprint density at radius 1 is 1.00 bits per heavy atom.